The van der Waals surface area contributed by atoms with E-state index in [0.717, 1.165) is 49.1 Å². The van der Waals surface area contributed by atoms with Gasteiger partial charge in [0.1, 0.15) is 5.82 Å². The molecule has 7 heteroatoms. The smallest absolute Gasteiger partial charge is 0.193 e. The third kappa shape index (κ3) is 5.00. The molecule has 1 aromatic heterocycles. The standard InChI is InChI=1S/C19H26FN5S/c1-21-19(22-9-3-11-26-18-6-4-17(20)5-7-18)25-10-8-15(14-25)16-12-23-24(2)13-16/h4-7,12-13,15H,3,8-11,14H2,1-2H3,(H,21,22). The first kappa shape index (κ1) is 18.8. The predicted octanol–water partition coefficient (Wildman–Crippen LogP) is 3.11. The van der Waals surface area contributed by atoms with Crippen LogP contribution in [0.1, 0.15) is 24.3 Å². The molecule has 1 aromatic carbocycles. The highest BCUT2D eigenvalue weighted by atomic mass is 32.2. The highest BCUT2D eigenvalue weighted by Crippen LogP contribution is 2.26. The lowest BCUT2D eigenvalue weighted by Gasteiger charge is -2.21. The van der Waals surface area contributed by atoms with E-state index in [9.17, 15) is 4.39 Å². The number of hydrogen-bond donors (Lipinski definition) is 1. The molecule has 1 unspecified atom stereocenters. The second kappa shape index (κ2) is 9.07. The summed E-state index contributed by atoms with van der Waals surface area (Å²) in [6, 6.07) is 6.67. The molecule has 1 fully saturated rings. The monoisotopic (exact) mass is 375 g/mol. The fourth-order valence-electron chi connectivity index (χ4n) is 3.20. The number of halogens is 1. The Bertz CT molecular complexity index is 728. The minimum atomic E-state index is -0.185. The topological polar surface area (TPSA) is 45.5 Å². The maximum absolute atomic E-state index is 12.9. The van der Waals surface area contributed by atoms with Gasteiger partial charge < -0.3 is 10.2 Å². The van der Waals surface area contributed by atoms with Crippen molar-refractivity contribution in [2.24, 2.45) is 12.0 Å². The Kier molecular flexibility index (Phi) is 6.55. The number of guanidine groups is 1. The minimum Gasteiger partial charge on any atom is -0.356 e. The maximum atomic E-state index is 12.9. The van der Waals surface area contributed by atoms with E-state index in [1.807, 2.05) is 37.1 Å². The Morgan fingerprint density at radius 3 is 2.88 bits per heavy atom. The van der Waals surface area contributed by atoms with Crippen molar-refractivity contribution < 1.29 is 4.39 Å². The molecule has 2 aromatic rings. The van der Waals surface area contributed by atoms with E-state index in [2.05, 4.69) is 26.5 Å². The van der Waals surface area contributed by atoms with Crippen LogP contribution >= 0.6 is 11.8 Å². The summed E-state index contributed by atoms with van der Waals surface area (Å²) in [4.78, 5) is 7.86. The van der Waals surface area contributed by atoms with Gasteiger partial charge in [-0.1, -0.05) is 0 Å². The van der Waals surface area contributed by atoms with Gasteiger partial charge in [-0.15, -0.1) is 11.8 Å². The Labute approximate surface area is 158 Å². The van der Waals surface area contributed by atoms with Crippen molar-refractivity contribution in [3.8, 4) is 0 Å². The molecule has 2 heterocycles. The molecule has 1 atom stereocenters. The van der Waals surface area contributed by atoms with Crippen molar-refractivity contribution in [3.05, 3.63) is 48.0 Å². The Balaban J connectivity index is 1.39. The van der Waals surface area contributed by atoms with Gasteiger partial charge in [0.15, 0.2) is 5.96 Å². The lowest BCUT2D eigenvalue weighted by Crippen LogP contribution is -2.40. The first-order valence-corrected chi connectivity index (χ1v) is 9.97. The van der Waals surface area contributed by atoms with E-state index in [1.165, 1.54) is 17.7 Å². The van der Waals surface area contributed by atoms with Crippen LogP contribution in [0.5, 0.6) is 0 Å². The molecule has 26 heavy (non-hydrogen) atoms. The number of aliphatic imine (C=N–C) groups is 1. The van der Waals surface area contributed by atoms with Crippen molar-refractivity contribution in [2.75, 3.05) is 32.4 Å². The molecular formula is C19H26FN5S. The first-order valence-electron chi connectivity index (χ1n) is 8.98. The number of rotatable bonds is 6. The Morgan fingerprint density at radius 2 is 2.19 bits per heavy atom. The van der Waals surface area contributed by atoms with Crippen LogP contribution in [-0.4, -0.2) is 53.1 Å². The van der Waals surface area contributed by atoms with Crippen molar-refractivity contribution in [1.82, 2.24) is 20.0 Å². The number of aromatic nitrogens is 2. The van der Waals surface area contributed by atoms with Crippen molar-refractivity contribution in [3.63, 3.8) is 0 Å². The van der Waals surface area contributed by atoms with Gasteiger partial charge in [0.2, 0.25) is 0 Å². The van der Waals surface area contributed by atoms with Crippen molar-refractivity contribution in [2.45, 2.75) is 23.7 Å². The number of hydrogen-bond acceptors (Lipinski definition) is 3. The number of likely N-dealkylation sites (tertiary alicyclic amines) is 1. The zero-order chi connectivity index (χ0) is 18.4. The average Bonchev–Trinajstić information content (AvgIpc) is 3.29. The summed E-state index contributed by atoms with van der Waals surface area (Å²) in [6.45, 7) is 2.88. The van der Waals surface area contributed by atoms with E-state index in [0.29, 0.717) is 5.92 Å². The summed E-state index contributed by atoms with van der Waals surface area (Å²) in [5.74, 6) is 2.31. The molecule has 1 N–H and O–H groups in total. The van der Waals surface area contributed by atoms with Gasteiger partial charge in [-0.05, 0) is 48.4 Å². The fraction of sp³-hybridized carbons (Fsp3) is 0.474. The Morgan fingerprint density at radius 1 is 1.38 bits per heavy atom. The largest absolute Gasteiger partial charge is 0.356 e. The minimum absolute atomic E-state index is 0.185. The molecule has 1 aliphatic rings. The molecule has 0 amide bonds. The zero-order valence-corrected chi connectivity index (χ0v) is 16.2. The van der Waals surface area contributed by atoms with Gasteiger partial charge in [-0.3, -0.25) is 9.67 Å². The molecule has 0 bridgehead atoms. The summed E-state index contributed by atoms with van der Waals surface area (Å²) in [6.07, 6.45) is 6.24. The number of aryl methyl sites for hydroxylation is 1. The normalized spacial score (nSPS) is 17.7. The lowest BCUT2D eigenvalue weighted by molar-refractivity contribution is 0.486. The van der Waals surface area contributed by atoms with Crippen LogP contribution in [0, 0.1) is 5.82 Å². The third-order valence-electron chi connectivity index (χ3n) is 4.58. The van der Waals surface area contributed by atoms with E-state index in [4.69, 9.17) is 0 Å². The SMILES string of the molecule is CN=C(NCCCSc1ccc(F)cc1)N1CCC(c2cnn(C)c2)C1. The van der Waals surface area contributed by atoms with E-state index in [-0.39, 0.29) is 5.82 Å². The Hall–Kier alpha value is -2.02. The molecular weight excluding hydrogens is 349 g/mol. The van der Waals surface area contributed by atoms with Crippen LogP contribution in [-0.2, 0) is 7.05 Å². The van der Waals surface area contributed by atoms with E-state index in [1.54, 1.807) is 11.8 Å². The summed E-state index contributed by atoms with van der Waals surface area (Å²) >= 11 is 1.75. The number of nitrogens with zero attached hydrogens (tertiary/aromatic N) is 4. The van der Waals surface area contributed by atoms with Crippen LogP contribution < -0.4 is 5.32 Å². The van der Waals surface area contributed by atoms with Crippen LogP contribution in [0.4, 0.5) is 4.39 Å². The summed E-state index contributed by atoms with van der Waals surface area (Å²) < 4.78 is 14.8. The van der Waals surface area contributed by atoms with Crippen LogP contribution in [0.15, 0.2) is 46.5 Å². The van der Waals surface area contributed by atoms with Gasteiger partial charge in [-0.25, -0.2) is 4.39 Å². The second-order valence-electron chi connectivity index (χ2n) is 6.51. The molecule has 3 rings (SSSR count). The highest BCUT2D eigenvalue weighted by Gasteiger charge is 2.26. The molecule has 0 radical (unpaired) electrons. The first-order chi connectivity index (χ1) is 12.7. The van der Waals surface area contributed by atoms with Gasteiger partial charge >= 0.3 is 0 Å². The van der Waals surface area contributed by atoms with Crippen molar-refractivity contribution >= 4 is 17.7 Å². The van der Waals surface area contributed by atoms with Gasteiger partial charge in [0.05, 0.1) is 6.20 Å². The molecule has 0 saturated carbocycles. The summed E-state index contributed by atoms with van der Waals surface area (Å²) in [5.41, 5.74) is 1.31. The van der Waals surface area contributed by atoms with E-state index >= 15 is 0 Å². The number of nitrogens with one attached hydrogen (secondary N) is 1. The zero-order valence-electron chi connectivity index (χ0n) is 15.4. The molecule has 0 aliphatic carbocycles. The van der Waals surface area contributed by atoms with Crippen LogP contribution in [0.25, 0.3) is 0 Å². The maximum Gasteiger partial charge on any atom is 0.193 e. The van der Waals surface area contributed by atoms with Crippen molar-refractivity contribution in [1.29, 1.82) is 0 Å². The second-order valence-corrected chi connectivity index (χ2v) is 7.68. The van der Waals surface area contributed by atoms with Gasteiger partial charge in [0.25, 0.3) is 0 Å². The molecule has 1 aliphatic heterocycles. The van der Waals surface area contributed by atoms with Gasteiger partial charge in [0, 0.05) is 50.7 Å². The highest BCUT2D eigenvalue weighted by molar-refractivity contribution is 7.99. The number of thioether (sulfide) groups is 1. The molecule has 5 nitrogen and oxygen atoms in total. The summed E-state index contributed by atoms with van der Waals surface area (Å²) in [7, 11) is 3.80. The third-order valence-corrected chi connectivity index (χ3v) is 5.68. The quantitative estimate of drug-likeness (QED) is 0.365. The average molecular weight is 376 g/mol. The number of benzene rings is 1. The molecule has 1 saturated heterocycles. The predicted molar refractivity (Wildman–Crippen MR) is 105 cm³/mol. The molecule has 140 valence electrons. The fourth-order valence-corrected chi connectivity index (χ4v) is 4.05. The lowest BCUT2D eigenvalue weighted by atomic mass is 10.0. The van der Waals surface area contributed by atoms with E-state index < -0.39 is 0 Å². The van der Waals surface area contributed by atoms with Crippen LogP contribution in [0.2, 0.25) is 0 Å². The van der Waals surface area contributed by atoms with Gasteiger partial charge in [-0.2, -0.15) is 5.10 Å². The molecule has 0 spiro atoms. The summed E-state index contributed by atoms with van der Waals surface area (Å²) in [5, 5.41) is 7.75. The van der Waals surface area contributed by atoms with Crippen LogP contribution in [0.3, 0.4) is 0 Å².